The van der Waals surface area contributed by atoms with E-state index in [0.29, 0.717) is 36.4 Å². The molecule has 2 heterocycles. The molecule has 1 unspecified atom stereocenters. The third kappa shape index (κ3) is 3.09. The summed E-state index contributed by atoms with van der Waals surface area (Å²) in [6.45, 7) is 2.08. The molecular formula is C10H16N4O3S. The van der Waals surface area contributed by atoms with Gasteiger partial charge in [0, 0.05) is 13.6 Å². The number of nitrogens with zero attached hydrogens (tertiary/aromatic N) is 1. The van der Waals surface area contributed by atoms with Crippen molar-refractivity contribution in [2.75, 3.05) is 44.5 Å². The molecule has 1 fully saturated rings. The molecule has 8 heteroatoms. The number of hydrogen-bond acceptors (Lipinski definition) is 7. The first kappa shape index (κ1) is 13.1. The summed E-state index contributed by atoms with van der Waals surface area (Å²) in [4.78, 5) is 16.3. The lowest BCUT2D eigenvalue weighted by Gasteiger charge is -2.22. The van der Waals surface area contributed by atoms with Crippen molar-refractivity contribution in [1.82, 2.24) is 10.3 Å². The minimum Gasteiger partial charge on any atom is -0.382 e. The van der Waals surface area contributed by atoms with E-state index in [1.807, 2.05) is 0 Å². The maximum absolute atomic E-state index is 11.9. The van der Waals surface area contributed by atoms with Gasteiger partial charge in [-0.3, -0.25) is 4.79 Å². The number of rotatable bonds is 4. The molecule has 0 radical (unpaired) electrons. The minimum atomic E-state index is -0.235. The summed E-state index contributed by atoms with van der Waals surface area (Å²) >= 11 is 1.22. The van der Waals surface area contributed by atoms with Crippen LogP contribution in [0.4, 0.5) is 10.9 Å². The number of carbonyl (C=O) groups is 1. The highest BCUT2D eigenvalue weighted by atomic mass is 32.1. The molecule has 18 heavy (non-hydrogen) atoms. The second-order valence-corrected chi connectivity index (χ2v) is 4.76. The van der Waals surface area contributed by atoms with E-state index in [-0.39, 0.29) is 17.8 Å². The molecule has 0 bridgehead atoms. The van der Waals surface area contributed by atoms with Crippen LogP contribution in [0, 0.1) is 0 Å². The van der Waals surface area contributed by atoms with E-state index >= 15 is 0 Å². The molecule has 0 aliphatic carbocycles. The molecule has 1 amide bonds. The second kappa shape index (κ2) is 5.98. The quantitative estimate of drug-likeness (QED) is 0.708. The average Bonchev–Trinajstić information content (AvgIpc) is 2.78. The highest BCUT2D eigenvalue weighted by Crippen LogP contribution is 2.24. The van der Waals surface area contributed by atoms with Gasteiger partial charge in [0.05, 0.1) is 25.9 Å². The van der Waals surface area contributed by atoms with Gasteiger partial charge in [0.15, 0.2) is 5.13 Å². The summed E-state index contributed by atoms with van der Waals surface area (Å²) in [5.41, 5.74) is 5.67. The van der Waals surface area contributed by atoms with Crippen LogP contribution in [0.3, 0.4) is 0 Å². The van der Waals surface area contributed by atoms with Crippen LogP contribution in [-0.2, 0) is 9.47 Å². The minimum absolute atomic E-state index is 0.0967. The van der Waals surface area contributed by atoms with E-state index < -0.39 is 0 Å². The summed E-state index contributed by atoms with van der Waals surface area (Å²) < 4.78 is 10.7. The van der Waals surface area contributed by atoms with E-state index in [1.165, 1.54) is 11.3 Å². The highest BCUT2D eigenvalue weighted by Gasteiger charge is 2.19. The summed E-state index contributed by atoms with van der Waals surface area (Å²) in [5.74, 6) is 0.00309. The Morgan fingerprint density at radius 3 is 3.06 bits per heavy atom. The number of hydrogen-bond donors (Lipinski definition) is 3. The van der Waals surface area contributed by atoms with Gasteiger partial charge in [0.1, 0.15) is 10.7 Å². The standard InChI is InChI=1S/C10H16N4O3S/c1-12-10-14-8(11)7(18-10)9(15)13-4-6-5-16-2-3-17-6/h6H,2-5,11H2,1H3,(H,12,14)(H,13,15). The number of amides is 1. The molecule has 0 aromatic carbocycles. The van der Waals surface area contributed by atoms with E-state index in [9.17, 15) is 4.79 Å². The van der Waals surface area contributed by atoms with Gasteiger partial charge in [-0.2, -0.15) is 0 Å². The van der Waals surface area contributed by atoms with Crippen LogP contribution < -0.4 is 16.4 Å². The van der Waals surface area contributed by atoms with Crippen molar-refractivity contribution >= 4 is 28.2 Å². The van der Waals surface area contributed by atoms with Crippen LogP contribution in [0.1, 0.15) is 9.67 Å². The fraction of sp³-hybridized carbons (Fsp3) is 0.600. The van der Waals surface area contributed by atoms with Crippen molar-refractivity contribution in [2.24, 2.45) is 0 Å². The van der Waals surface area contributed by atoms with Crippen LogP contribution in [0.2, 0.25) is 0 Å². The Balaban J connectivity index is 1.88. The molecule has 1 aliphatic heterocycles. The number of nitrogen functional groups attached to an aromatic ring is 1. The van der Waals surface area contributed by atoms with Crippen molar-refractivity contribution in [3.05, 3.63) is 4.88 Å². The second-order valence-electron chi connectivity index (χ2n) is 3.76. The predicted octanol–water partition coefficient (Wildman–Crippen LogP) is -0.0878. The largest absolute Gasteiger partial charge is 0.382 e. The van der Waals surface area contributed by atoms with E-state index in [4.69, 9.17) is 15.2 Å². The molecule has 1 saturated heterocycles. The van der Waals surface area contributed by atoms with Crippen LogP contribution in [0.15, 0.2) is 0 Å². The zero-order valence-corrected chi connectivity index (χ0v) is 10.9. The Labute approximate surface area is 109 Å². The number of ether oxygens (including phenoxy) is 2. The van der Waals surface area contributed by atoms with Crippen molar-refractivity contribution in [3.8, 4) is 0 Å². The summed E-state index contributed by atoms with van der Waals surface area (Å²) in [7, 11) is 1.73. The summed E-state index contributed by atoms with van der Waals surface area (Å²) in [6.07, 6.45) is -0.0967. The van der Waals surface area contributed by atoms with Gasteiger partial charge in [0.25, 0.3) is 5.91 Å². The monoisotopic (exact) mass is 272 g/mol. The van der Waals surface area contributed by atoms with Gasteiger partial charge < -0.3 is 25.8 Å². The number of nitrogens with one attached hydrogen (secondary N) is 2. The number of thiazole rings is 1. The first-order chi connectivity index (χ1) is 8.70. The molecule has 0 spiro atoms. The Morgan fingerprint density at radius 2 is 2.44 bits per heavy atom. The molecule has 1 aromatic heterocycles. The normalized spacial score (nSPS) is 19.5. The van der Waals surface area contributed by atoms with Gasteiger partial charge in [-0.1, -0.05) is 11.3 Å². The Bertz CT molecular complexity index is 417. The lowest BCUT2D eigenvalue weighted by atomic mass is 10.3. The zero-order valence-electron chi connectivity index (χ0n) is 10.1. The number of anilines is 2. The van der Waals surface area contributed by atoms with Crippen molar-refractivity contribution in [2.45, 2.75) is 6.10 Å². The maximum Gasteiger partial charge on any atom is 0.265 e. The van der Waals surface area contributed by atoms with Crippen LogP contribution >= 0.6 is 11.3 Å². The Hall–Kier alpha value is -1.38. The van der Waals surface area contributed by atoms with E-state index in [1.54, 1.807) is 7.05 Å². The summed E-state index contributed by atoms with van der Waals surface area (Å²) in [6, 6.07) is 0. The van der Waals surface area contributed by atoms with Gasteiger partial charge in [-0.15, -0.1) is 0 Å². The van der Waals surface area contributed by atoms with Crippen LogP contribution in [0.5, 0.6) is 0 Å². The van der Waals surface area contributed by atoms with Crippen molar-refractivity contribution in [3.63, 3.8) is 0 Å². The first-order valence-corrected chi connectivity index (χ1v) is 6.44. The van der Waals surface area contributed by atoms with E-state index in [0.717, 1.165) is 0 Å². The predicted molar refractivity (Wildman–Crippen MR) is 69.0 cm³/mol. The van der Waals surface area contributed by atoms with Crippen molar-refractivity contribution in [1.29, 1.82) is 0 Å². The highest BCUT2D eigenvalue weighted by molar-refractivity contribution is 7.18. The molecule has 4 N–H and O–H groups in total. The summed E-state index contributed by atoms with van der Waals surface area (Å²) in [5, 5.41) is 6.24. The topological polar surface area (TPSA) is 98.5 Å². The molecule has 1 aliphatic rings. The molecule has 100 valence electrons. The van der Waals surface area contributed by atoms with Gasteiger partial charge in [-0.25, -0.2) is 4.98 Å². The third-order valence-corrected chi connectivity index (χ3v) is 3.54. The smallest absolute Gasteiger partial charge is 0.265 e. The Kier molecular flexibility index (Phi) is 4.34. The fourth-order valence-corrected chi connectivity index (χ4v) is 2.30. The lowest BCUT2D eigenvalue weighted by Crippen LogP contribution is -2.39. The van der Waals surface area contributed by atoms with E-state index in [2.05, 4.69) is 15.6 Å². The van der Waals surface area contributed by atoms with Gasteiger partial charge >= 0.3 is 0 Å². The van der Waals surface area contributed by atoms with Crippen LogP contribution in [-0.4, -0.2) is 50.4 Å². The number of aromatic nitrogens is 1. The molecular weight excluding hydrogens is 256 g/mol. The Morgan fingerprint density at radius 1 is 1.61 bits per heavy atom. The SMILES string of the molecule is CNc1nc(N)c(C(=O)NCC2COCCO2)s1. The van der Waals surface area contributed by atoms with Gasteiger partial charge in [0.2, 0.25) is 0 Å². The zero-order chi connectivity index (χ0) is 13.0. The number of carbonyl (C=O) groups excluding carboxylic acids is 1. The first-order valence-electron chi connectivity index (χ1n) is 5.62. The number of nitrogens with two attached hydrogens (primary N) is 1. The van der Waals surface area contributed by atoms with Crippen molar-refractivity contribution < 1.29 is 14.3 Å². The average molecular weight is 272 g/mol. The molecule has 0 saturated carbocycles. The fourth-order valence-electron chi connectivity index (χ4n) is 1.54. The molecule has 1 aromatic rings. The molecule has 7 nitrogen and oxygen atoms in total. The lowest BCUT2D eigenvalue weighted by molar-refractivity contribution is -0.0855. The maximum atomic E-state index is 11.9. The molecule has 2 rings (SSSR count). The molecule has 1 atom stereocenters. The van der Waals surface area contributed by atoms with Gasteiger partial charge in [-0.05, 0) is 0 Å². The van der Waals surface area contributed by atoms with Crippen LogP contribution in [0.25, 0.3) is 0 Å². The third-order valence-electron chi connectivity index (χ3n) is 2.45.